The van der Waals surface area contributed by atoms with Crippen LogP contribution >= 0.6 is 0 Å². The molecule has 0 saturated carbocycles. The van der Waals surface area contributed by atoms with Crippen molar-refractivity contribution in [3.05, 3.63) is 72.3 Å². The highest BCUT2D eigenvalue weighted by Crippen LogP contribution is 2.31. The van der Waals surface area contributed by atoms with Gasteiger partial charge in [-0.25, -0.2) is 0 Å². The van der Waals surface area contributed by atoms with Gasteiger partial charge in [0.25, 0.3) is 0 Å². The van der Waals surface area contributed by atoms with Crippen LogP contribution in [0.15, 0.2) is 66.7 Å². The van der Waals surface area contributed by atoms with E-state index >= 15 is 0 Å². The first-order valence-electron chi connectivity index (χ1n) is 7.75. The molecule has 142 valence electrons. The van der Waals surface area contributed by atoms with Crippen LogP contribution in [-0.4, -0.2) is 0 Å². The van der Waals surface area contributed by atoms with Crippen LogP contribution in [0.1, 0.15) is 5.56 Å². The average Bonchev–Trinajstić information content (AvgIpc) is 2.58. The first-order valence-corrected chi connectivity index (χ1v) is 7.75. The van der Waals surface area contributed by atoms with Crippen molar-refractivity contribution in [1.82, 2.24) is 0 Å². The molecule has 3 aromatic carbocycles. The topological polar surface area (TPSA) is 113 Å². The van der Waals surface area contributed by atoms with E-state index in [2.05, 4.69) is 0 Å². The maximum absolute atomic E-state index is 12.0. The zero-order valence-corrected chi connectivity index (χ0v) is 14.2. The van der Waals surface area contributed by atoms with Gasteiger partial charge in [0.15, 0.2) is 0 Å². The molecule has 3 rings (SSSR count). The molecule has 3 aromatic rings. The summed E-state index contributed by atoms with van der Waals surface area (Å²) in [6.07, 6.45) is -4.39. The van der Waals surface area contributed by atoms with E-state index in [1.165, 1.54) is 6.07 Å². The lowest BCUT2D eigenvalue weighted by Gasteiger charge is -2.07. The molecule has 0 bridgehead atoms. The molecule has 0 aliphatic rings. The van der Waals surface area contributed by atoms with Gasteiger partial charge in [-0.05, 0) is 66.7 Å². The zero-order valence-electron chi connectivity index (χ0n) is 14.2. The maximum Gasteiger partial charge on any atom is 0.416 e. The Morgan fingerprint density at radius 3 is 1.26 bits per heavy atom. The number of hydrogen-bond acceptors (Lipinski definition) is 5. The van der Waals surface area contributed by atoms with Crippen LogP contribution in [-0.2, 0) is 6.18 Å². The third-order valence-electron chi connectivity index (χ3n) is 3.30. The van der Waals surface area contributed by atoms with Gasteiger partial charge in [-0.15, -0.1) is 0 Å². The molecule has 8 N–H and O–H groups in total. The summed E-state index contributed by atoms with van der Waals surface area (Å²) in [5, 5.41) is 0. The van der Waals surface area contributed by atoms with E-state index in [-0.39, 0.29) is 11.4 Å². The lowest BCUT2D eigenvalue weighted by atomic mass is 10.2. The Hall–Kier alpha value is -3.55. The summed E-state index contributed by atoms with van der Waals surface area (Å²) in [4.78, 5) is 0. The number of alkyl halides is 3. The van der Waals surface area contributed by atoms with E-state index in [1.807, 2.05) is 24.3 Å². The number of halogens is 3. The molecule has 0 aromatic heterocycles. The molecule has 5 nitrogen and oxygen atoms in total. The van der Waals surface area contributed by atoms with Crippen molar-refractivity contribution in [3.8, 4) is 11.5 Å². The molecule has 0 amide bonds. The first kappa shape index (κ1) is 19.8. The van der Waals surface area contributed by atoms with Gasteiger partial charge in [-0.2, -0.15) is 13.2 Å². The predicted molar refractivity (Wildman–Crippen MR) is 102 cm³/mol. The molecule has 0 radical (unpaired) electrons. The summed E-state index contributed by atoms with van der Waals surface area (Å²) in [6.45, 7) is 0. The number of benzene rings is 3. The van der Waals surface area contributed by atoms with Gasteiger partial charge in [0, 0.05) is 22.7 Å². The predicted octanol–water partition coefficient (Wildman–Crippen LogP) is 4.51. The van der Waals surface area contributed by atoms with E-state index in [4.69, 9.17) is 27.7 Å². The fourth-order valence-corrected chi connectivity index (χ4v) is 2.05. The summed E-state index contributed by atoms with van der Waals surface area (Å²) < 4.78 is 41.7. The summed E-state index contributed by atoms with van der Waals surface area (Å²) in [5.41, 5.74) is 22.1. The van der Waals surface area contributed by atoms with Gasteiger partial charge in [0.1, 0.15) is 11.5 Å². The Kier molecular flexibility index (Phi) is 6.02. The lowest BCUT2D eigenvalue weighted by molar-refractivity contribution is -0.137. The van der Waals surface area contributed by atoms with Crippen molar-refractivity contribution in [1.29, 1.82) is 0 Å². The summed E-state index contributed by atoms with van der Waals surface area (Å²) in [5.74, 6) is 1.52. The van der Waals surface area contributed by atoms with Crippen LogP contribution in [0.3, 0.4) is 0 Å². The van der Waals surface area contributed by atoms with Crippen LogP contribution in [0.4, 0.5) is 35.9 Å². The second-order valence-corrected chi connectivity index (χ2v) is 5.63. The molecule has 0 spiro atoms. The summed E-state index contributed by atoms with van der Waals surface area (Å²) >= 11 is 0. The van der Waals surface area contributed by atoms with Gasteiger partial charge >= 0.3 is 6.18 Å². The van der Waals surface area contributed by atoms with E-state index in [0.29, 0.717) is 0 Å². The Balaban J connectivity index is 0.000000199. The van der Waals surface area contributed by atoms with Crippen molar-refractivity contribution in [2.75, 3.05) is 22.9 Å². The number of ether oxygens (including phenoxy) is 1. The minimum Gasteiger partial charge on any atom is -0.457 e. The Labute approximate surface area is 154 Å². The molecular weight excluding hydrogens is 357 g/mol. The minimum atomic E-state index is -4.39. The fourth-order valence-electron chi connectivity index (χ4n) is 2.05. The van der Waals surface area contributed by atoms with Crippen molar-refractivity contribution < 1.29 is 17.9 Å². The Bertz CT molecular complexity index is 815. The van der Waals surface area contributed by atoms with Crippen LogP contribution < -0.4 is 27.7 Å². The molecule has 0 aliphatic carbocycles. The molecular formula is C19H19F3N4O. The lowest BCUT2D eigenvalue weighted by Crippen LogP contribution is -2.06. The van der Waals surface area contributed by atoms with Gasteiger partial charge < -0.3 is 27.7 Å². The average molecular weight is 376 g/mol. The number of nitrogens with two attached hydrogens (primary N) is 4. The van der Waals surface area contributed by atoms with Crippen LogP contribution in [0.5, 0.6) is 11.5 Å². The molecule has 27 heavy (non-hydrogen) atoms. The van der Waals surface area contributed by atoms with Crippen LogP contribution in [0.25, 0.3) is 0 Å². The van der Waals surface area contributed by atoms with E-state index in [0.717, 1.165) is 35.0 Å². The highest BCUT2D eigenvalue weighted by Gasteiger charge is 2.30. The zero-order chi connectivity index (χ0) is 20.0. The molecule has 0 atom stereocenters. The van der Waals surface area contributed by atoms with Crippen LogP contribution in [0.2, 0.25) is 0 Å². The highest BCUT2D eigenvalue weighted by molar-refractivity contribution is 5.54. The number of rotatable bonds is 2. The Morgan fingerprint density at radius 1 is 0.556 bits per heavy atom. The van der Waals surface area contributed by atoms with Gasteiger partial charge in [-0.1, -0.05) is 0 Å². The second kappa shape index (κ2) is 8.22. The normalized spacial score (nSPS) is 10.6. The third kappa shape index (κ3) is 6.35. The second-order valence-electron chi connectivity index (χ2n) is 5.63. The quantitative estimate of drug-likeness (QED) is 0.491. The number of nitrogen functional groups attached to an aromatic ring is 4. The van der Waals surface area contributed by atoms with Gasteiger partial charge in [0.05, 0.1) is 5.56 Å². The smallest absolute Gasteiger partial charge is 0.416 e. The van der Waals surface area contributed by atoms with Gasteiger partial charge in [-0.3, -0.25) is 0 Å². The van der Waals surface area contributed by atoms with E-state index in [1.54, 1.807) is 24.3 Å². The fraction of sp³-hybridized carbons (Fsp3) is 0.0526. The summed E-state index contributed by atoms with van der Waals surface area (Å²) in [7, 11) is 0. The summed E-state index contributed by atoms with van der Waals surface area (Å²) in [6, 6.07) is 17.5. The molecule has 0 fully saturated rings. The van der Waals surface area contributed by atoms with E-state index in [9.17, 15) is 13.2 Å². The van der Waals surface area contributed by atoms with E-state index < -0.39 is 11.7 Å². The molecule has 0 heterocycles. The number of hydrogen-bond donors (Lipinski definition) is 4. The monoisotopic (exact) mass is 376 g/mol. The van der Waals surface area contributed by atoms with Crippen molar-refractivity contribution in [2.24, 2.45) is 0 Å². The first-order chi connectivity index (χ1) is 12.6. The molecule has 0 unspecified atom stereocenters. The Morgan fingerprint density at radius 2 is 0.926 bits per heavy atom. The number of anilines is 4. The minimum absolute atomic E-state index is 0.0160. The standard InChI is InChI=1S/C12H12N2O.C7H7F3N2/c13-9-1-5-11(6-2-9)15-12-7-3-10(14)4-8-12;8-7(9,10)4-1-5(11)3-6(12)2-4/h1-8H,13-14H2;1-3H,11-12H2. The molecule has 0 saturated heterocycles. The van der Waals surface area contributed by atoms with Crippen molar-refractivity contribution >= 4 is 22.7 Å². The molecule has 0 aliphatic heterocycles. The maximum atomic E-state index is 12.0. The molecule has 8 heteroatoms. The van der Waals surface area contributed by atoms with Gasteiger partial charge in [0.2, 0.25) is 0 Å². The highest BCUT2D eigenvalue weighted by atomic mass is 19.4. The third-order valence-corrected chi connectivity index (χ3v) is 3.30. The van der Waals surface area contributed by atoms with Crippen LogP contribution in [0, 0.1) is 0 Å². The SMILES string of the molecule is Nc1cc(N)cc(C(F)(F)F)c1.Nc1ccc(Oc2ccc(N)cc2)cc1. The van der Waals surface area contributed by atoms with Crippen molar-refractivity contribution in [3.63, 3.8) is 0 Å². The largest absolute Gasteiger partial charge is 0.457 e. The van der Waals surface area contributed by atoms with Crippen molar-refractivity contribution in [2.45, 2.75) is 6.18 Å².